The Morgan fingerprint density at radius 1 is 1.10 bits per heavy atom. The van der Waals surface area contributed by atoms with Crippen molar-refractivity contribution in [3.63, 3.8) is 0 Å². The van der Waals surface area contributed by atoms with E-state index >= 15 is 0 Å². The van der Waals surface area contributed by atoms with E-state index < -0.39 is 0 Å². The quantitative estimate of drug-likeness (QED) is 0.263. The van der Waals surface area contributed by atoms with Crippen molar-refractivity contribution >= 4 is 29.4 Å². The fourth-order valence-electron chi connectivity index (χ4n) is 4.84. The van der Waals surface area contributed by atoms with Gasteiger partial charge in [-0.1, -0.05) is 29.8 Å². The largest absolute Gasteiger partial charge is 0.497 e. The molecule has 1 fully saturated rings. The van der Waals surface area contributed by atoms with Gasteiger partial charge in [0.2, 0.25) is 11.9 Å². The standard InChI is InChI=1S/C32H33ClN4O4/c1-21-10-13-24(17-22(21)2)37-19-29(23-11-14-25(40-3)15-12-23)34-32(37)35-30(38)20-36(18-26-7-6-16-41-26)31(39)27-8-4-5-9-28(27)33/h4-5,8-15,17,19,26H,6-7,16,18,20H2,1-3H3,(H,34,35,38). The summed E-state index contributed by atoms with van der Waals surface area (Å²) in [7, 11) is 1.62. The summed E-state index contributed by atoms with van der Waals surface area (Å²) in [6.45, 7) is 4.85. The molecule has 1 saturated heterocycles. The smallest absolute Gasteiger partial charge is 0.255 e. The molecule has 1 atom stereocenters. The van der Waals surface area contributed by atoms with Gasteiger partial charge in [0.05, 0.1) is 29.5 Å². The van der Waals surface area contributed by atoms with Crippen LogP contribution in [0.3, 0.4) is 0 Å². The summed E-state index contributed by atoms with van der Waals surface area (Å²) in [5, 5.41) is 3.29. The number of anilines is 1. The average molecular weight is 573 g/mol. The highest BCUT2D eigenvalue weighted by atomic mass is 35.5. The Labute approximate surface area is 244 Å². The molecule has 5 rings (SSSR count). The van der Waals surface area contributed by atoms with Gasteiger partial charge < -0.3 is 14.4 Å². The molecule has 1 unspecified atom stereocenters. The minimum absolute atomic E-state index is 0.131. The van der Waals surface area contributed by atoms with Crippen molar-refractivity contribution in [2.24, 2.45) is 0 Å². The van der Waals surface area contributed by atoms with Crippen LogP contribution in [0.4, 0.5) is 5.95 Å². The summed E-state index contributed by atoms with van der Waals surface area (Å²) in [6, 6.07) is 20.5. The first-order valence-corrected chi connectivity index (χ1v) is 14.0. The minimum atomic E-state index is -0.375. The van der Waals surface area contributed by atoms with Crippen molar-refractivity contribution in [1.29, 1.82) is 0 Å². The SMILES string of the molecule is COc1ccc(-c2cn(-c3ccc(C)c(C)c3)c(NC(=O)CN(CC3CCCO3)C(=O)c3ccccc3Cl)n2)cc1. The summed E-state index contributed by atoms with van der Waals surface area (Å²) in [6.07, 6.45) is 3.51. The average Bonchev–Trinajstić information content (AvgIpc) is 3.64. The van der Waals surface area contributed by atoms with Gasteiger partial charge in [0.15, 0.2) is 0 Å². The second-order valence-corrected chi connectivity index (χ2v) is 10.6. The van der Waals surface area contributed by atoms with E-state index in [0.717, 1.165) is 41.0 Å². The van der Waals surface area contributed by atoms with Gasteiger partial charge in [-0.2, -0.15) is 0 Å². The molecule has 0 saturated carbocycles. The normalized spacial score (nSPS) is 14.6. The Bertz CT molecular complexity index is 1540. The molecule has 0 radical (unpaired) electrons. The summed E-state index contributed by atoms with van der Waals surface area (Å²) in [4.78, 5) is 33.3. The van der Waals surface area contributed by atoms with E-state index in [0.29, 0.717) is 35.4 Å². The number of amides is 2. The molecule has 0 spiro atoms. The van der Waals surface area contributed by atoms with E-state index in [1.807, 2.05) is 54.1 Å². The highest BCUT2D eigenvalue weighted by Crippen LogP contribution is 2.27. The molecule has 4 aromatic rings. The number of imidazole rings is 1. The zero-order valence-electron chi connectivity index (χ0n) is 23.4. The third kappa shape index (κ3) is 6.61. The lowest BCUT2D eigenvalue weighted by Crippen LogP contribution is -2.42. The van der Waals surface area contributed by atoms with Crippen LogP contribution >= 0.6 is 11.6 Å². The van der Waals surface area contributed by atoms with Crippen LogP contribution in [0.15, 0.2) is 72.9 Å². The third-order valence-corrected chi connectivity index (χ3v) is 7.62. The van der Waals surface area contributed by atoms with Gasteiger partial charge in [0.25, 0.3) is 5.91 Å². The Balaban J connectivity index is 1.44. The van der Waals surface area contributed by atoms with E-state index in [9.17, 15) is 9.59 Å². The fourth-order valence-corrected chi connectivity index (χ4v) is 5.05. The molecule has 2 amide bonds. The van der Waals surface area contributed by atoms with Crippen molar-refractivity contribution in [2.75, 3.05) is 32.1 Å². The van der Waals surface area contributed by atoms with Crippen LogP contribution in [0.1, 0.15) is 34.3 Å². The third-order valence-electron chi connectivity index (χ3n) is 7.29. The number of nitrogens with one attached hydrogen (secondary N) is 1. The Morgan fingerprint density at radius 3 is 2.56 bits per heavy atom. The zero-order chi connectivity index (χ0) is 28.9. The van der Waals surface area contributed by atoms with Gasteiger partial charge in [-0.05, 0) is 86.3 Å². The molecule has 0 aliphatic carbocycles. The molecule has 41 heavy (non-hydrogen) atoms. The number of rotatable bonds is 9. The number of halogens is 1. The molecule has 9 heteroatoms. The van der Waals surface area contributed by atoms with Crippen molar-refractivity contribution in [2.45, 2.75) is 32.8 Å². The predicted octanol–water partition coefficient (Wildman–Crippen LogP) is 6.08. The van der Waals surface area contributed by atoms with Crippen LogP contribution in [0, 0.1) is 13.8 Å². The molecular weight excluding hydrogens is 540 g/mol. The van der Waals surface area contributed by atoms with Crippen molar-refractivity contribution in [3.8, 4) is 22.7 Å². The predicted molar refractivity (Wildman–Crippen MR) is 160 cm³/mol. The number of aromatic nitrogens is 2. The molecule has 3 aromatic carbocycles. The second kappa shape index (κ2) is 12.6. The number of aryl methyl sites for hydroxylation is 2. The molecule has 8 nitrogen and oxygen atoms in total. The van der Waals surface area contributed by atoms with Crippen molar-refractivity contribution < 1.29 is 19.1 Å². The number of benzene rings is 3. The summed E-state index contributed by atoms with van der Waals surface area (Å²) < 4.78 is 12.9. The number of carbonyl (C=O) groups excluding carboxylic acids is 2. The molecule has 1 aromatic heterocycles. The molecular formula is C32H33ClN4O4. The van der Waals surface area contributed by atoms with Gasteiger partial charge >= 0.3 is 0 Å². The van der Waals surface area contributed by atoms with Gasteiger partial charge in [0.1, 0.15) is 12.3 Å². The lowest BCUT2D eigenvalue weighted by molar-refractivity contribution is -0.117. The second-order valence-electron chi connectivity index (χ2n) is 10.2. The molecule has 0 bridgehead atoms. The Kier molecular flexibility index (Phi) is 8.71. The van der Waals surface area contributed by atoms with Crippen LogP contribution in [-0.4, -0.2) is 59.2 Å². The van der Waals surface area contributed by atoms with Gasteiger partial charge in [-0.25, -0.2) is 4.98 Å². The summed E-state index contributed by atoms with van der Waals surface area (Å²) >= 11 is 6.34. The van der Waals surface area contributed by atoms with Gasteiger partial charge in [-0.3, -0.25) is 19.5 Å². The van der Waals surface area contributed by atoms with Gasteiger partial charge in [-0.15, -0.1) is 0 Å². The van der Waals surface area contributed by atoms with Crippen LogP contribution in [-0.2, 0) is 9.53 Å². The van der Waals surface area contributed by atoms with Gasteiger partial charge in [0, 0.05) is 30.6 Å². The maximum atomic E-state index is 13.5. The molecule has 1 N–H and O–H groups in total. The first kappa shape index (κ1) is 28.4. The van der Waals surface area contributed by atoms with E-state index in [-0.39, 0.29) is 24.5 Å². The molecule has 1 aliphatic heterocycles. The van der Waals surface area contributed by atoms with Crippen LogP contribution in [0.5, 0.6) is 5.75 Å². The molecule has 212 valence electrons. The maximum Gasteiger partial charge on any atom is 0.255 e. The fraction of sp³-hybridized carbons (Fsp3) is 0.281. The Morgan fingerprint density at radius 2 is 1.88 bits per heavy atom. The number of ether oxygens (including phenoxy) is 2. The number of hydrogen-bond acceptors (Lipinski definition) is 5. The van der Waals surface area contributed by atoms with E-state index in [4.69, 9.17) is 26.1 Å². The number of nitrogens with zero attached hydrogens (tertiary/aromatic N) is 3. The van der Waals surface area contributed by atoms with E-state index in [1.54, 1.807) is 31.4 Å². The minimum Gasteiger partial charge on any atom is -0.497 e. The molecule has 1 aliphatic rings. The highest BCUT2D eigenvalue weighted by Gasteiger charge is 2.27. The summed E-state index contributed by atoms with van der Waals surface area (Å²) in [5.41, 5.74) is 5.05. The number of methoxy groups -OCH3 is 1. The first-order chi connectivity index (χ1) is 19.8. The molecule has 2 heterocycles. The van der Waals surface area contributed by atoms with Crippen LogP contribution in [0.25, 0.3) is 16.9 Å². The topological polar surface area (TPSA) is 85.7 Å². The Hall–Kier alpha value is -4.14. The number of carbonyl (C=O) groups is 2. The highest BCUT2D eigenvalue weighted by molar-refractivity contribution is 6.33. The van der Waals surface area contributed by atoms with E-state index in [2.05, 4.69) is 18.3 Å². The van der Waals surface area contributed by atoms with E-state index in [1.165, 1.54) is 4.90 Å². The van der Waals surface area contributed by atoms with Crippen molar-refractivity contribution in [1.82, 2.24) is 14.5 Å². The maximum absolute atomic E-state index is 13.5. The van der Waals surface area contributed by atoms with Crippen LogP contribution in [0.2, 0.25) is 5.02 Å². The summed E-state index contributed by atoms with van der Waals surface area (Å²) in [5.74, 6) is 0.398. The van der Waals surface area contributed by atoms with Crippen LogP contribution < -0.4 is 10.1 Å². The lowest BCUT2D eigenvalue weighted by atomic mass is 10.1. The van der Waals surface area contributed by atoms with Crippen molar-refractivity contribution in [3.05, 3.63) is 94.6 Å². The first-order valence-electron chi connectivity index (χ1n) is 13.6. The lowest BCUT2D eigenvalue weighted by Gasteiger charge is -2.25. The number of hydrogen-bond donors (Lipinski definition) is 1. The monoisotopic (exact) mass is 572 g/mol. The zero-order valence-corrected chi connectivity index (χ0v) is 24.1.